The van der Waals surface area contributed by atoms with Gasteiger partial charge in [0.15, 0.2) is 5.78 Å². The van der Waals surface area contributed by atoms with Gasteiger partial charge in [-0.1, -0.05) is 0 Å². The standard InChI is InChI=1S/C8H14N2O4/c1-6(11)5-14-4-2-3-7(9)8(12)10-13/h7H,2-5,9H2,1H3. The summed E-state index contributed by atoms with van der Waals surface area (Å²) >= 11 is 0. The lowest BCUT2D eigenvalue weighted by Crippen LogP contribution is -2.29. The highest BCUT2D eigenvalue weighted by atomic mass is 16.5. The highest BCUT2D eigenvalue weighted by Gasteiger charge is 2.12. The van der Waals surface area contributed by atoms with Gasteiger partial charge < -0.3 is 10.5 Å². The van der Waals surface area contributed by atoms with Crippen molar-refractivity contribution in [2.24, 2.45) is 10.9 Å². The van der Waals surface area contributed by atoms with Crippen LogP contribution in [-0.2, 0) is 14.3 Å². The van der Waals surface area contributed by atoms with Crippen molar-refractivity contribution < 1.29 is 14.3 Å². The van der Waals surface area contributed by atoms with E-state index in [-0.39, 0.29) is 12.4 Å². The van der Waals surface area contributed by atoms with Crippen LogP contribution in [0, 0.1) is 4.91 Å². The van der Waals surface area contributed by atoms with Crippen LogP contribution in [0.1, 0.15) is 19.8 Å². The number of amides is 1. The maximum Gasteiger partial charge on any atom is 0.302 e. The van der Waals surface area contributed by atoms with Crippen LogP contribution < -0.4 is 5.73 Å². The van der Waals surface area contributed by atoms with Crippen molar-refractivity contribution in [2.75, 3.05) is 13.2 Å². The van der Waals surface area contributed by atoms with E-state index in [4.69, 9.17) is 10.5 Å². The molecular weight excluding hydrogens is 188 g/mol. The molecule has 0 aliphatic carbocycles. The topological polar surface area (TPSA) is 98.8 Å². The quantitative estimate of drug-likeness (QED) is 0.462. The molecule has 2 N–H and O–H groups in total. The molecule has 0 rings (SSSR count). The molecule has 0 aliphatic rings. The van der Waals surface area contributed by atoms with Crippen LogP contribution in [0.5, 0.6) is 0 Å². The molecule has 0 fully saturated rings. The number of Topliss-reactive ketones (excluding diaryl/α,β-unsaturated/α-hetero) is 1. The van der Waals surface area contributed by atoms with Crippen molar-refractivity contribution in [2.45, 2.75) is 25.8 Å². The molecular formula is C8H14N2O4. The zero-order valence-corrected chi connectivity index (χ0v) is 8.06. The van der Waals surface area contributed by atoms with Crippen molar-refractivity contribution in [3.63, 3.8) is 0 Å². The Labute approximate surface area is 81.8 Å². The fraction of sp³-hybridized carbons (Fsp3) is 0.750. The van der Waals surface area contributed by atoms with Crippen LogP contribution in [0.25, 0.3) is 0 Å². The largest absolute Gasteiger partial charge is 0.374 e. The highest BCUT2D eigenvalue weighted by molar-refractivity contribution is 5.81. The number of rotatable bonds is 7. The molecule has 0 aliphatic heterocycles. The molecule has 0 bridgehead atoms. The van der Waals surface area contributed by atoms with Crippen LogP contribution in [0.4, 0.5) is 0 Å². The first kappa shape index (κ1) is 12.9. The van der Waals surface area contributed by atoms with Gasteiger partial charge in [0.1, 0.15) is 6.61 Å². The van der Waals surface area contributed by atoms with Gasteiger partial charge in [-0.25, -0.2) is 0 Å². The smallest absolute Gasteiger partial charge is 0.302 e. The minimum Gasteiger partial charge on any atom is -0.374 e. The predicted octanol–water partition coefficient (Wildman–Crippen LogP) is -0.00750. The summed E-state index contributed by atoms with van der Waals surface area (Å²) in [6.45, 7) is 1.83. The summed E-state index contributed by atoms with van der Waals surface area (Å²) in [7, 11) is 0. The van der Waals surface area contributed by atoms with E-state index >= 15 is 0 Å². The molecule has 0 heterocycles. The Hall–Kier alpha value is -1.14. The Morgan fingerprint density at radius 1 is 1.50 bits per heavy atom. The maximum atomic E-state index is 10.6. The van der Waals surface area contributed by atoms with Gasteiger partial charge in [-0.15, -0.1) is 4.91 Å². The van der Waals surface area contributed by atoms with Gasteiger partial charge in [-0.2, -0.15) is 0 Å². The molecule has 0 aromatic carbocycles. The molecule has 1 atom stereocenters. The fourth-order valence-corrected chi connectivity index (χ4v) is 0.812. The van der Waals surface area contributed by atoms with E-state index in [0.717, 1.165) is 0 Å². The maximum absolute atomic E-state index is 10.6. The number of hydrogen-bond acceptors (Lipinski definition) is 5. The number of carbonyl (C=O) groups excluding carboxylic acids is 2. The van der Waals surface area contributed by atoms with Crippen LogP contribution in [-0.4, -0.2) is 30.9 Å². The summed E-state index contributed by atoms with van der Waals surface area (Å²) in [5.74, 6) is -0.906. The first-order chi connectivity index (χ1) is 6.57. The molecule has 1 unspecified atom stereocenters. The normalized spacial score (nSPS) is 12.1. The lowest BCUT2D eigenvalue weighted by atomic mass is 10.2. The molecule has 14 heavy (non-hydrogen) atoms. The van der Waals surface area contributed by atoms with Gasteiger partial charge in [0.25, 0.3) is 0 Å². The van der Waals surface area contributed by atoms with Crippen molar-refractivity contribution in [3.8, 4) is 0 Å². The third-order valence-electron chi connectivity index (χ3n) is 1.52. The second-order valence-corrected chi connectivity index (χ2v) is 2.93. The van der Waals surface area contributed by atoms with Crippen LogP contribution >= 0.6 is 0 Å². The Bertz CT molecular complexity index is 217. The molecule has 0 aromatic rings. The van der Waals surface area contributed by atoms with Crippen molar-refractivity contribution in [3.05, 3.63) is 4.91 Å². The van der Waals surface area contributed by atoms with E-state index in [1.807, 2.05) is 0 Å². The molecule has 0 saturated heterocycles. The second kappa shape index (κ2) is 7.28. The van der Waals surface area contributed by atoms with E-state index in [2.05, 4.69) is 5.18 Å². The first-order valence-electron chi connectivity index (χ1n) is 4.28. The van der Waals surface area contributed by atoms with Gasteiger partial charge in [-0.05, 0) is 19.8 Å². The number of hydrogen-bond donors (Lipinski definition) is 1. The Kier molecular flexibility index (Phi) is 6.69. The van der Waals surface area contributed by atoms with E-state index in [1.54, 1.807) is 0 Å². The number of nitrogens with two attached hydrogens (primary N) is 1. The molecule has 6 nitrogen and oxygen atoms in total. The molecule has 80 valence electrons. The van der Waals surface area contributed by atoms with Gasteiger partial charge >= 0.3 is 5.91 Å². The minimum atomic E-state index is -0.853. The van der Waals surface area contributed by atoms with Gasteiger partial charge in [0, 0.05) is 11.8 Å². The molecule has 0 spiro atoms. The summed E-state index contributed by atoms with van der Waals surface area (Å²) in [6.07, 6.45) is 0.859. The zero-order chi connectivity index (χ0) is 11.0. The minimum absolute atomic E-state index is 0.0556. The summed E-state index contributed by atoms with van der Waals surface area (Å²) in [4.78, 5) is 30.8. The third kappa shape index (κ3) is 6.38. The van der Waals surface area contributed by atoms with E-state index in [0.29, 0.717) is 19.4 Å². The molecule has 0 radical (unpaired) electrons. The Morgan fingerprint density at radius 2 is 2.14 bits per heavy atom. The Morgan fingerprint density at radius 3 is 2.64 bits per heavy atom. The van der Waals surface area contributed by atoms with Crippen LogP contribution in [0.15, 0.2) is 5.18 Å². The predicted molar refractivity (Wildman–Crippen MR) is 49.5 cm³/mol. The lowest BCUT2D eigenvalue weighted by Gasteiger charge is -2.05. The molecule has 0 aromatic heterocycles. The fourth-order valence-electron chi connectivity index (χ4n) is 0.812. The van der Waals surface area contributed by atoms with E-state index in [9.17, 15) is 14.5 Å². The molecule has 0 saturated carbocycles. The SMILES string of the molecule is CC(=O)COCCCC(N)C(=O)N=O. The van der Waals surface area contributed by atoms with Gasteiger partial charge in [0.05, 0.1) is 6.04 Å². The summed E-state index contributed by atoms with van der Waals surface area (Å²) in [5.41, 5.74) is 5.30. The first-order valence-corrected chi connectivity index (χ1v) is 4.28. The van der Waals surface area contributed by atoms with Gasteiger partial charge in [0.2, 0.25) is 0 Å². The molecule has 6 heteroatoms. The Balaban J connectivity index is 3.40. The average Bonchev–Trinajstić information content (AvgIpc) is 2.15. The van der Waals surface area contributed by atoms with Crippen molar-refractivity contribution >= 4 is 11.7 Å². The summed E-state index contributed by atoms with van der Waals surface area (Å²) in [6, 6.07) is -0.853. The monoisotopic (exact) mass is 202 g/mol. The van der Waals surface area contributed by atoms with Crippen LogP contribution in [0.2, 0.25) is 0 Å². The summed E-state index contributed by atoms with van der Waals surface area (Å²) < 4.78 is 4.93. The zero-order valence-electron chi connectivity index (χ0n) is 8.06. The lowest BCUT2D eigenvalue weighted by molar-refractivity contribution is -0.122. The number of carbonyl (C=O) groups is 2. The van der Waals surface area contributed by atoms with Gasteiger partial charge in [-0.3, -0.25) is 9.59 Å². The number of nitroso groups, excluding NO2 is 1. The van der Waals surface area contributed by atoms with Crippen molar-refractivity contribution in [1.82, 2.24) is 0 Å². The molecule has 1 amide bonds. The summed E-state index contributed by atoms with van der Waals surface area (Å²) in [5, 5.41) is 2.21. The van der Waals surface area contributed by atoms with Crippen molar-refractivity contribution in [1.29, 1.82) is 0 Å². The highest BCUT2D eigenvalue weighted by Crippen LogP contribution is 1.97. The van der Waals surface area contributed by atoms with E-state index < -0.39 is 11.9 Å². The van der Waals surface area contributed by atoms with Crippen LogP contribution in [0.3, 0.4) is 0 Å². The second-order valence-electron chi connectivity index (χ2n) is 2.93. The number of ether oxygens (including phenoxy) is 1. The number of ketones is 1. The average molecular weight is 202 g/mol. The number of nitrogens with zero attached hydrogens (tertiary/aromatic N) is 1. The van der Waals surface area contributed by atoms with E-state index in [1.165, 1.54) is 6.92 Å². The third-order valence-corrected chi connectivity index (χ3v) is 1.52.